The number of carbonyl (C=O) groups excluding carboxylic acids is 1. The highest BCUT2D eigenvalue weighted by Crippen LogP contribution is 2.16. The van der Waals surface area contributed by atoms with Crippen molar-refractivity contribution in [2.75, 3.05) is 13.7 Å². The number of benzene rings is 1. The third kappa shape index (κ3) is 3.81. The fourth-order valence-electron chi connectivity index (χ4n) is 1.63. The van der Waals surface area contributed by atoms with E-state index in [1.54, 1.807) is 19.9 Å². The largest absolute Gasteiger partial charge is 0.469 e. The third-order valence-electron chi connectivity index (χ3n) is 3.03. The summed E-state index contributed by atoms with van der Waals surface area (Å²) in [5, 5.41) is 3.19. The molecule has 2 unspecified atom stereocenters. The van der Waals surface area contributed by atoms with E-state index in [0.717, 1.165) is 5.56 Å². The fourth-order valence-corrected chi connectivity index (χ4v) is 1.63. The van der Waals surface area contributed by atoms with Gasteiger partial charge in [0.05, 0.1) is 13.0 Å². The quantitative estimate of drug-likeness (QED) is 0.820. The molecule has 1 aromatic carbocycles. The highest BCUT2D eigenvalue weighted by Gasteiger charge is 2.14. The standard InChI is InChI=1S/C14H20FNO2/c1-9-5-6-12(7-13(9)15)11(3)16-8-10(2)14(17)18-4/h5-7,10-11,16H,8H2,1-4H3. The highest BCUT2D eigenvalue weighted by atomic mass is 19.1. The van der Waals surface area contributed by atoms with Crippen LogP contribution < -0.4 is 5.32 Å². The average Bonchev–Trinajstić information content (AvgIpc) is 2.37. The summed E-state index contributed by atoms with van der Waals surface area (Å²) in [6.07, 6.45) is 0. The lowest BCUT2D eigenvalue weighted by molar-refractivity contribution is -0.144. The van der Waals surface area contributed by atoms with Gasteiger partial charge in [0.25, 0.3) is 0 Å². The van der Waals surface area contributed by atoms with E-state index in [2.05, 4.69) is 10.1 Å². The van der Waals surface area contributed by atoms with Crippen molar-refractivity contribution in [3.63, 3.8) is 0 Å². The van der Waals surface area contributed by atoms with Gasteiger partial charge < -0.3 is 10.1 Å². The van der Waals surface area contributed by atoms with Crippen LogP contribution in [0.1, 0.15) is 31.0 Å². The second-order valence-corrected chi connectivity index (χ2v) is 4.56. The number of esters is 1. The van der Waals surface area contributed by atoms with E-state index >= 15 is 0 Å². The molecule has 0 fully saturated rings. The molecule has 0 amide bonds. The van der Waals surface area contributed by atoms with Crippen molar-refractivity contribution in [1.29, 1.82) is 0 Å². The lowest BCUT2D eigenvalue weighted by atomic mass is 10.1. The van der Waals surface area contributed by atoms with Crippen LogP contribution in [0.15, 0.2) is 18.2 Å². The number of hydrogen-bond acceptors (Lipinski definition) is 3. The SMILES string of the molecule is COC(=O)C(C)CNC(C)c1ccc(C)c(F)c1. The minimum Gasteiger partial charge on any atom is -0.469 e. The lowest BCUT2D eigenvalue weighted by Gasteiger charge is -2.17. The van der Waals surface area contributed by atoms with E-state index in [0.29, 0.717) is 12.1 Å². The van der Waals surface area contributed by atoms with Crippen LogP contribution in [-0.2, 0) is 9.53 Å². The van der Waals surface area contributed by atoms with Crippen molar-refractivity contribution in [1.82, 2.24) is 5.32 Å². The van der Waals surface area contributed by atoms with Crippen LogP contribution in [0, 0.1) is 18.7 Å². The first kappa shape index (κ1) is 14.6. The minimum absolute atomic E-state index is 0.00722. The Balaban J connectivity index is 2.57. The van der Waals surface area contributed by atoms with E-state index in [-0.39, 0.29) is 23.7 Å². The summed E-state index contributed by atoms with van der Waals surface area (Å²) in [5.41, 5.74) is 1.50. The van der Waals surface area contributed by atoms with E-state index in [9.17, 15) is 9.18 Å². The Labute approximate surface area is 107 Å². The molecule has 1 rings (SSSR count). The number of ether oxygens (including phenoxy) is 1. The van der Waals surface area contributed by atoms with Crippen molar-refractivity contribution < 1.29 is 13.9 Å². The average molecular weight is 253 g/mol. The van der Waals surface area contributed by atoms with Crippen LogP contribution in [-0.4, -0.2) is 19.6 Å². The smallest absolute Gasteiger partial charge is 0.309 e. The molecule has 4 heteroatoms. The molecule has 0 aliphatic carbocycles. The Morgan fingerprint density at radius 2 is 2.11 bits per heavy atom. The Kier molecular flexibility index (Phi) is 5.28. The molecule has 0 aliphatic heterocycles. The van der Waals surface area contributed by atoms with Gasteiger partial charge in [-0.2, -0.15) is 0 Å². The molecule has 1 aromatic rings. The molecular weight excluding hydrogens is 233 g/mol. The van der Waals surface area contributed by atoms with Gasteiger partial charge in [-0.05, 0) is 31.0 Å². The molecule has 0 radical (unpaired) electrons. The summed E-state index contributed by atoms with van der Waals surface area (Å²) in [6, 6.07) is 5.16. The van der Waals surface area contributed by atoms with Gasteiger partial charge in [0, 0.05) is 12.6 Å². The third-order valence-corrected chi connectivity index (χ3v) is 3.03. The second kappa shape index (κ2) is 6.50. The van der Waals surface area contributed by atoms with Gasteiger partial charge in [0.1, 0.15) is 5.82 Å². The molecule has 0 saturated heterocycles. The number of rotatable bonds is 5. The Morgan fingerprint density at radius 1 is 1.44 bits per heavy atom. The first-order valence-electron chi connectivity index (χ1n) is 6.03. The predicted octanol–water partition coefficient (Wildman–Crippen LogP) is 2.59. The van der Waals surface area contributed by atoms with Crippen LogP contribution in [0.5, 0.6) is 0 Å². The molecule has 0 spiro atoms. The summed E-state index contributed by atoms with van der Waals surface area (Å²) in [4.78, 5) is 11.2. The summed E-state index contributed by atoms with van der Waals surface area (Å²) in [5.74, 6) is -0.667. The number of nitrogens with one attached hydrogen (secondary N) is 1. The van der Waals surface area contributed by atoms with Crippen molar-refractivity contribution in [2.45, 2.75) is 26.8 Å². The Hall–Kier alpha value is -1.42. The van der Waals surface area contributed by atoms with Gasteiger partial charge >= 0.3 is 5.97 Å². The summed E-state index contributed by atoms with van der Waals surface area (Å²) < 4.78 is 18.1. The molecule has 0 heterocycles. The first-order valence-corrected chi connectivity index (χ1v) is 6.03. The van der Waals surface area contributed by atoms with Crippen molar-refractivity contribution in [3.8, 4) is 0 Å². The molecule has 100 valence electrons. The zero-order valence-electron chi connectivity index (χ0n) is 11.3. The van der Waals surface area contributed by atoms with E-state index in [1.165, 1.54) is 13.2 Å². The lowest BCUT2D eigenvalue weighted by Crippen LogP contribution is -2.29. The van der Waals surface area contributed by atoms with E-state index in [1.807, 2.05) is 13.0 Å². The Morgan fingerprint density at radius 3 is 2.67 bits per heavy atom. The summed E-state index contributed by atoms with van der Waals surface area (Å²) in [6.45, 7) is 5.97. The molecule has 0 saturated carbocycles. The van der Waals surface area contributed by atoms with Gasteiger partial charge in [-0.25, -0.2) is 4.39 Å². The molecular formula is C14H20FNO2. The molecule has 2 atom stereocenters. The Bertz CT molecular complexity index is 420. The van der Waals surface area contributed by atoms with Crippen LogP contribution >= 0.6 is 0 Å². The molecule has 0 aromatic heterocycles. The maximum atomic E-state index is 13.4. The van der Waals surface area contributed by atoms with Gasteiger partial charge in [-0.1, -0.05) is 19.1 Å². The van der Waals surface area contributed by atoms with Crippen molar-refractivity contribution >= 4 is 5.97 Å². The van der Waals surface area contributed by atoms with E-state index < -0.39 is 0 Å². The maximum absolute atomic E-state index is 13.4. The maximum Gasteiger partial charge on any atom is 0.309 e. The molecule has 0 aliphatic rings. The normalized spacial score (nSPS) is 14.1. The molecule has 1 N–H and O–H groups in total. The number of methoxy groups -OCH3 is 1. The fraction of sp³-hybridized carbons (Fsp3) is 0.500. The summed E-state index contributed by atoms with van der Waals surface area (Å²) >= 11 is 0. The zero-order chi connectivity index (χ0) is 13.7. The minimum atomic E-state index is -0.246. The van der Waals surface area contributed by atoms with Crippen LogP contribution in [0.25, 0.3) is 0 Å². The second-order valence-electron chi connectivity index (χ2n) is 4.56. The summed E-state index contributed by atoms with van der Waals surface area (Å²) in [7, 11) is 1.37. The topological polar surface area (TPSA) is 38.3 Å². The van der Waals surface area contributed by atoms with Gasteiger partial charge in [0.15, 0.2) is 0 Å². The van der Waals surface area contributed by atoms with Crippen LogP contribution in [0.3, 0.4) is 0 Å². The van der Waals surface area contributed by atoms with Gasteiger partial charge in [0.2, 0.25) is 0 Å². The van der Waals surface area contributed by atoms with Crippen LogP contribution in [0.2, 0.25) is 0 Å². The highest BCUT2D eigenvalue weighted by molar-refractivity contribution is 5.72. The number of carbonyl (C=O) groups is 1. The molecule has 0 bridgehead atoms. The molecule has 3 nitrogen and oxygen atoms in total. The predicted molar refractivity (Wildman–Crippen MR) is 68.7 cm³/mol. The van der Waals surface area contributed by atoms with Crippen LogP contribution in [0.4, 0.5) is 4.39 Å². The monoisotopic (exact) mass is 253 g/mol. The number of aryl methyl sites for hydroxylation is 1. The van der Waals surface area contributed by atoms with Crippen molar-refractivity contribution in [2.24, 2.45) is 5.92 Å². The van der Waals surface area contributed by atoms with Gasteiger partial charge in [-0.3, -0.25) is 4.79 Å². The number of hydrogen-bond donors (Lipinski definition) is 1. The van der Waals surface area contributed by atoms with E-state index in [4.69, 9.17) is 0 Å². The number of halogens is 1. The first-order chi connectivity index (χ1) is 8.45. The van der Waals surface area contributed by atoms with Gasteiger partial charge in [-0.15, -0.1) is 0 Å². The zero-order valence-corrected chi connectivity index (χ0v) is 11.3. The van der Waals surface area contributed by atoms with Crippen molar-refractivity contribution in [3.05, 3.63) is 35.1 Å². The molecule has 18 heavy (non-hydrogen) atoms.